The topological polar surface area (TPSA) is 64.1 Å². The van der Waals surface area contributed by atoms with Crippen LogP contribution in [0.2, 0.25) is 0 Å². The highest BCUT2D eigenvalue weighted by atomic mass is 32.2. The molecule has 0 unspecified atom stereocenters. The van der Waals surface area contributed by atoms with E-state index in [2.05, 4.69) is 15.5 Å². The Balaban J connectivity index is 1.68. The second-order valence-corrected chi connectivity index (χ2v) is 7.58. The number of methoxy groups -OCH3 is 1. The second-order valence-electron chi connectivity index (χ2n) is 5.38. The van der Waals surface area contributed by atoms with Gasteiger partial charge in [0.1, 0.15) is 11.6 Å². The molecule has 1 aromatic heterocycles. The van der Waals surface area contributed by atoms with E-state index in [1.54, 1.807) is 31.4 Å². The maximum Gasteiger partial charge on any atom is 0.210 e. The molecule has 0 saturated carbocycles. The lowest BCUT2D eigenvalue weighted by molar-refractivity contribution is 0.101. The Hall–Kier alpha value is -2.45. The summed E-state index contributed by atoms with van der Waals surface area (Å²) in [6.45, 7) is 1.54. The zero-order valence-corrected chi connectivity index (χ0v) is 15.8. The van der Waals surface area contributed by atoms with Crippen LogP contribution in [0.1, 0.15) is 22.8 Å². The lowest BCUT2D eigenvalue weighted by Crippen LogP contribution is -1.96. The zero-order valence-electron chi connectivity index (χ0n) is 14.2. The van der Waals surface area contributed by atoms with Crippen LogP contribution in [0.25, 0.3) is 0 Å². The molecule has 8 heteroatoms. The molecule has 0 saturated heterocycles. The standard InChI is InChI=1S/C18H16FN3O2S2/c1-11(23)12-6-7-16(24-2)13(8-12)10-25-18-22-21-17(26-18)20-15-5-3-4-14(19)9-15/h3-9H,10H2,1-2H3,(H,20,21). The van der Waals surface area contributed by atoms with Crippen molar-refractivity contribution in [1.29, 1.82) is 0 Å². The molecule has 3 aromatic rings. The van der Waals surface area contributed by atoms with Gasteiger partial charge in [-0.3, -0.25) is 4.79 Å². The molecule has 5 nitrogen and oxygen atoms in total. The minimum absolute atomic E-state index is 0.0106. The van der Waals surface area contributed by atoms with Gasteiger partial charge in [0.2, 0.25) is 5.13 Å². The number of nitrogens with zero attached hydrogens (tertiary/aromatic N) is 2. The van der Waals surface area contributed by atoms with Crippen molar-refractivity contribution in [1.82, 2.24) is 10.2 Å². The highest BCUT2D eigenvalue weighted by molar-refractivity contribution is 8.00. The van der Waals surface area contributed by atoms with Crippen LogP contribution in [0.5, 0.6) is 5.75 Å². The maximum atomic E-state index is 13.2. The number of aromatic nitrogens is 2. The number of halogens is 1. The van der Waals surface area contributed by atoms with Crippen LogP contribution >= 0.6 is 23.1 Å². The van der Waals surface area contributed by atoms with E-state index in [1.165, 1.54) is 42.2 Å². The van der Waals surface area contributed by atoms with Crippen molar-refractivity contribution in [3.8, 4) is 5.75 Å². The summed E-state index contributed by atoms with van der Waals surface area (Å²) >= 11 is 2.87. The van der Waals surface area contributed by atoms with Crippen LogP contribution in [-0.4, -0.2) is 23.1 Å². The number of benzene rings is 2. The molecular weight excluding hydrogens is 373 g/mol. The van der Waals surface area contributed by atoms with Crippen LogP contribution in [0.4, 0.5) is 15.2 Å². The van der Waals surface area contributed by atoms with Gasteiger partial charge in [-0.15, -0.1) is 10.2 Å². The number of carbonyl (C=O) groups excluding carboxylic acids is 1. The Morgan fingerprint density at radius 3 is 2.85 bits per heavy atom. The first-order valence-corrected chi connectivity index (χ1v) is 9.52. The number of anilines is 2. The largest absolute Gasteiger partial charge is 0.496 e. The van der Waals surface area contributed by atoms with Crippen molar-refractivity contribution < 1.29 is 13.9 Å². The Bertz CT molecular complexity index is 930. The van der Waals surface area contributed by atoms with Gasteiger partial charge in [-0.05, 0) is 43.3 Å². The Kier molecular flexibility index (Phi) is 5.85. The summed E-state index contributed by atoms with van der Waals surface area (Å²) in [4.78, 5) is 11.6. The average Bonchev–Trinajstić information content (AvgIpc) is 3.07. The molecule has 0 bridgehead atoms. The van der Waals surface area contributed by atoms with E-state index >= 15 is 0 Å². The smallest absolute Gasteiger partial charge is 0.210 e. The Labute approximate surface area is 158 Å². The van der Waals surface area contributed by atoms with E-state index in [4.69, 9.17) is 4.74 Å². The van der Waals surface area contributed by atoms with E-state index < -0.39 is 0 Å². The summed E-state index contributed by atoms with van der Waals surface area (Å²) < 4.78 is 19.4. The predicted octanol–water partition coefficient (Wildman–Crippen LogP) is 4.92. The van der Waals surface area contributed by atoms with E-state index in [-0.39, 0.29) is 11.6 Å². The fraction of sp³-hybridized carbons (Fsp3) is 0.167. The third kappa shape index (κ3) is 4.59. The van der Waals surface area contributed by atoms with Gasteiger partial charge in [-0.1, -0.05) is 29.2 Å². The Morgan fingerprint density at radius 1 is 1.27 bits per heavy atom. The van der Waals surface area contributed by atoms with Crippen LogP contribution in [-0.2, 0) is 5.75 Å². The lowest BCUT2D eigenvalue weighted by Gasteiger charge is -2.08. The molecule has 0 aliphatic rings. The summed E-state index contributed by atoms with van der Waals surface area (Å²) in [6.07, 6.45) is 0. The number of carbonyl (C=O) groups is 1. The van der Waals surface area contributed by atoms with E-state index in [1.807, 2.05) is 6.07 Å². The molecule has 3 rings (SSSR count). The highest BCUT2D eigenvalue weighted by Gasteiger charge is 2.11. The van der Waals surface area contributed by atoms with Crippen molar-refractivity contribution in [2.24, 2.45) is 0 Å². The van der Waals surface area contributed by atoms with Gasteiger partial charge in [0.05, 0.1) is 7.11 Å². The Morgan fingerprint density at radius 2 is 2.12 bits per heavy atom. The fourth-order valence-corrected chi connectivity index (χ4v) is 4.01. The highest BCUT2D eigenvalue weighted by Crippen LogP contribution is 2.32. The quantitative estimate of drug-likeness (QED) is 0.457. The summed E-state index contributed by atoms with van der Waals surface area (Å²) in [6, 6.07) is 11.5. The number of ketones is 1. The number of hydrogen-bond acceptors (Lipinski definition) is 7. The molecule has 134 valence electrons. The molecule has 0 radical (unpaired) electrons. The fourth-order valence-electron chi connectivity index (χ4n) is 2.26. The molecule has 26 heavy (non-hydrogen) atoms. The maximum absolute atomic E-state index is 13.2. The predicted molar refractivity (Wildman–Crippen MR) is 102 cm³/mol. The van der Waals surface area contributed by atoms with Crippen molar-refractivity contribution in [2.75, 3.05) is 12.4 Å². The molecular formula is C18H16FN3O2S2. The van der Waals surface area contributed by atoms with Crippen LogP contribution in [0, 0.1) is 5.82 Å². The minimum atomic E-state index is -0.313. The molecule has 0 fully saturated rings. The van der Waals surface area contributed by atoms with Gasteiger partial charge in [-0.25, -0.2) is 4.39 Å². The average molecular weight is 389 g/mol. The van der Waals surface area contributed by atoms with Crippen LogP contribution in [0.15, 0.2) is 46.8 Å². The first kappa shape index (κ1) is 18.3. The molecule has 1 N–H and O–H groups in total. The number of nitrogens with one attached hydrogen (secondary N) is 1. The monoisotopic (exact) mass is 389 g/mol. The van der Waals surface area contributed by atoms with Gasteiger partial charge in [0.25, 0.3) is 0 Å². The van der Waals surface area contributed by atoms with Gasteiger partial charge < -0.3 is 10.1 Å². The first-order chi connectivity index (χ1) is 12.5. The van der Waals surface area contributed by atoms with Crippen molar-refractivity contribution in [2.45, 2.75) is 17.0 Å². The molecule has 2 aromatic carbocycles. The third-order valence-corrected chi connectivity index (χ3v) is 5.54. The van der Waals surface area contributed by atoms with Crippen LogP contribution in [0.3, 0.4) is 0 Å². The molecule has 0 aliphatic carbocycles. The second kappa shape index (κ2) is 8.29. The van der Waals surface area contributed by atoms with Gasteiger partial charge in [0.15, 0.2) is 10.1 Å². The molecule has 0 aliphatic heterocycles. The van der Waals surface area contributed by atoms with Gasteiger partial charge in [-0.2, -0.15) is 0 Å². The number of rotatable bonds is 7. The van der Waals surface area contributed by atoms with Gasteiger partial charge >= 0.3 is 0 Å². The zero-order chi connectivity index (χ0) is 18.5. The van der Waals surface area contributed by atoms with Crippen molar-refractivity contribution in [3.05, 3.63) is 59.4 Å². The number of hydrogen-bond donors (Lipinski definition) is 1. The van der Waals surface area contributed by atoms with Gasteiger partial charge in [0, 0.05) is 22.6 Å². The summed E-state index contributed by atoms with van der Waals surface area (Å²) in [5, 5.41) is 11.8. The van der Waals surface area contributed by atoms with E-state index in [0.717, 1.165) is 15.7 Å². The SMILES string of the molecule is COc1ccc(C(C)=O)cc1CSc1nnc(Nc2cccc(F)c2)s1. The number of thioether (sulfide) groups is 1. The normalized spacial score (nSPS) is 10.6. The minimum Gasteiger partial charge on any atom is -0.496 e. The van der Waals surface area contributed by atoms with E-state index in [0.29, 0.717) is 22.1 Å². The lowest BCUT2D eigenvalue weighted by atomic mass is 10.1. The van der Waals surface area contributed by atoms with Crippen LogP contribution < -0.4 is 10.1 Å². The molecule has 0 amide bonds. The summed E-state index contributed by atoms with van der Waals surface area (Å²) in [5.74, 6) is 1.02. The number of Topliss-reactive ketones (excluding diaryl/α,β-unsaturated/α-hetero) is 1. The first-order valence-electron chi connectivity index (χ1n) is 7.72. The molecule has 0 spiro atoms. The molecule has 0 atom stereocenters. The number of ether oxygens (including phenoxy) is 1. The third-order valence-electron chi connectivity index (χ3n) is 3.52. The molecule has 1 heterocycles. The summed E-state index contributed by atoms with van der Waals surface area (Å²) in [5.41, 5.74) is 2.18. The van der Waals surface area contributed by atoms with Crippen molar-refractivity contribution >= 4 is 39.7 Å². The summed E-state index contributed by atoms with van der Waals surface area (Å²) in [7, 11) is 1.60. The van der Waals surface area contributed by atoms with Crippen molar-refractivity contribution in [3.63, 3.8) is 0 Å². The van der Waals surface area contributed by atoms with E-state index in [9.17, 15) is 9.18 Å².